The lowest BCUT2D eigenvalue weighted by Crippen LogP contribution is -2.32. The minimum absolute atomic E-state index is 0.0790. The number of hydrogen-bond acceptors (Lipinski definition) is 4. The Hall–Kier alpha value is -1.18. The van der Waals surface area contributed by atoms with Crippen LogP contribution < -0.4 is 10.5 Å². The van der Waals surface area contributed by atoms with Crippen LogP contribution in [-0.2, 0) is 14.8 Å². The Morgan fingerprint density at radius 1 is 1.45 bits per heavy atom. The first-order valence-electron chi connectivity index (χ1n) is 6.59. The molecule has 5 nitrogen and oxygen atoms in total. The molecule has 1 fully saturated rings. The summed E-state index contributed by atoms with van der Waals surface area (Å²) in [6, 6.07) is 3.28. The highest BCUT2D eigenvalue weighted by Crippen LogP contribution is 2.23. The standard InChI is InChI=1S/C13H19FN2O3S/c1-2-13-9(3-4-19-13)8-16-20(17,18)12-6-10(14)5-11(15)7-12/h5-7,9,13,16H,2-4,8,15H2,1H3. The maximum atomic E-state index is 13.2. The van der Waals surface area contributed by atoms with E-state index in [0.717, 1.165) is 25.0 Å². The molecule has 0 bridgehead atoms. The first-order chi connectivity index (χ1) is 9.42. The van der Waals surface area contributed by atoms with Crippen molar-refractivity contribution in [3.8, 4) is 0 Å². The van der Waals surface area contributed by atoms with Crippen LogP contribution in [0, 0.1) is 11.7 Å². The van der Waals surface area contributed by atoms with Crippen molar-refractivity contribution < 1.29 is 17.5 Å². The molecule has 1 saturated heterocycles. The highest BCUT2D eigenvalue weighted by Gasteiger charge is 2.28. The third-order valence-corrected chi connectivity index (χ3v) is 4.89. The Kier molecular flexibility index (Phi) is 4.62. The molecule has 0 spiro atoms. The molecule has 1 aromatic rings. The summed E-state index contributed by atoms with van der Waals surface area (Å²) >= 11 is 0. The molecule has 0 aromatic heterocycles. The van der Waals surface area contributed by atoms with Crippen LogP contribution in [0.3, 0.4) is 0 Å². The number of rotatable bonds is 5. The molecule has 2 unspecified atom stereocenters. The van der Waals surface area contributed by atoms with Gasteiger partial charge in [-0.2, -0.15) is 0 Å². The van der Waals surface area contributed by atoms with Crippen LogP contribution in [0.2, 0.25) is 0 Å². The maximum Gasteiger partial charge on any atom is 0.240 e. The van der Waals surface area contributed by atoms with Crippen molar-refractivity contribution >= 4 is 15.7 Å². The van der Waals surface area contributed by atoms with E-state index in [4.69, 9.17) is 10.5 Å². The van der Waals surface area contributed by atoms with E-state index in [1.165, 1.54) is 6.07 Å². The number of sulfonamides is 1. The number of nitrogen functional groups attached to an aromatic ring is 1. The third kappa shape index (κ3) is 3.47. The normalized spacial score (nSPS) is 23.1. The monoisotopic (exact) mass is 302 g/mol. The lowest BCUT2D eigenvalue weighted by atomic mass is 10.0. The predicted molar refractivity (Wildman–Crippen MR) is 74.1 cm³/mol. The van der Waals surface area contributed by atoms with Crippen molar-refractivity contribution in [1.29, 1.82) is 0 Å². The van der Waals surface area contributed by atoms with Gasteiger partial charge in [0.2, 0.25) is 10.0 Å². The van der Waals surface area contributed by atoms with Crippen molar-refractivity contribution in [3.63, 3.8) is 0 Å². The molecule has 0 aliphatic carbocycles. The summed E-state index contributed by atoms with van der Waals surface area (Å²) in [5.41, 5.74) is 5.55. The molecule has 2 rings (SSSR count). The molecule has 2 atom stereocenters. The molecule has 3 N–H and O–H groups in total. The van der Waals surface area contributed by atoms with Gasteiger partial charge in [0.25, 0.3) is 0 Å². The van der Waals surface area contributed by atoms with Crippen molar-refractivity contribution in [2.45, 2.75) is 30.8 Å². The fourth-order valence-electron chi connectivity index (χ4n) is 2.42. The van der Waals surface area contributed by atoms with E-state index in [0.29, 0.717) is 6.61 Å². The maximum absolute atomic E-state index is 13.2. The van der Waals surface area contributed by atoms with E-state index < -0.39 is 15.8 Å². The lowest BCUT2D eigenvalue weighted by Gasteiger charge is -2.17. The van der Waals surface area contributed by atoms with Gasteiger partial charge in [-0.25, -0.2) is 17.5 Å². The Balaban J connectivity index is 2.07. The van der Waals surface area contributed by atoms with Crippen LogP contribution in [0.4, 0.5) is 10.1 Å². The van der Waals surface area contributed by atoms with E-state index >= 15 is 0 Å². The van der Waals surface area contributed by atoms with Gasteiger partial charge in [0, 0.05) is 24.8 Å². The van der Waals surface area contributed by atoms with E-state index in [1.807, 2.05) is 6.92 Å². The van der Waals surface area contributed by atoms with Crippen LogP contribution in [0.25, 0.3) is 0 Å². The van der Waals surface area contributed by atoms with Crippen LogP contribution in [0.5, 0.6) is 0 Å². The van der Waals surface area contributed by atoms with Gasteiger partial charge < -0.3 is 10.5 Å². The van der Waals surface area contributed by atoms with Crippen LogP contribution in [-0.4, -0.2) is 27.7 Å². The van der Waals surface area contributed by atoms with Gasteiger partial charge >= 0.3 is 0 Å². The molecule has 0 saturated carbocycles. The first kappa shape index (κ1) is 15.2. The molecule has 1 aliphatic heterocycles. The number of ether oxygens (including phenoxy) is 1. The SMILES string of the molecule is CCC1OCCC1CNS(=O)(=O)c1cc(N)cc(F)c1. The second-order valence-electron chi connectivity index (χ2n) is 4.94. The minimum atomic E-state index is -3.75. The summed E-state index contributed by atoms with van der Waals surface area (Å²) < 4.78 is 45.5. The zero-order chi connectivity index (χ0) is 14.8. The Bertz CT molecular complexity index is 557. The number of benzene rings is 1. The molecular weight excluding hydrogens is 283 g/mol. The molecule has 0 amide bonds. The lowest BCUT2D eigenvalue weighted by molar-refractivity contribution is 0.0884. The average molecular weight is 302 g/mol. The molecule has 7 heteroatoms. The van der Waals surface area contributed by atoms with Crippen molar-refractivity contribution in [2.75, 3.05) is 18.9 Å². The van der Waals surface area contributed by atoms with Gasteiger partial charge in [-0.15, -0.1) is 0 Å². The molecule has 0 radical (unpaired) electrons. The largest absolute Gasteiger partial charge is 0.399 e. The summed E-state index contributed by atoms with van der Waals surface area (Å²) in [6.45, 7) is 2.94. The van der Waals surface area contributed by atoms with E-state index in [1.54, 1.807) is 0 Å². The molecule has 1 aliphatic rings. The summed E-state index contributed by atoms with van der Waals surface area (Å²) in [6.07, 6.45) is 1.75. The van der Waals surface area contributed by atoms with Crippen molar-refractivity contribution in [1.82, 2.24) is 4.72 Å². The molecular formula is C13H19FN2O3S. The number of anilines is 1. The topological polar surface area (TPSA) is 81.4 Å². The molecule has 112 valence electrons. The summed E-state index contributed by atoms with van der Waals surface area (Å²) in [7, 11) is -3.75. The summed E-state index contributed by atoms with van der Waals surface area (Å²) in [5.74, 6) is -0.512. The third-order valence-electron chi connectivity index (χ3n) is 3.49. The van der Waals surface area contributed by atoms with Crippen LogP contribution in [0.1, 0.15) is 19.8 Å². The summed E-state index contributed by atoms with van der Waals surface area (Å²) in [4.78, 5) is -0.151. The van der Waals surface area contributed by atoms with Crippen molar-refractivity contribution in [2.24, 2.45) is 5.92 Å². The Morgan fingerprint density at radius 3 is 2.85 bits per heavy atom. The Labute approximate surface area is 118 Å². The summed E-state index contributed by atoms with van der Waals surface area (Å²) in [5, 5.41) is 0. The number of halogens is 1. The highest BCUT2D eigenvalue weighted by atomic mass is 32.2. The number of hydrogen-bond donors (Lipinski definition) is 2. The van der Waals surface area contributed by atoms with E-state index in [-0.39, 0.29) is 29.1 Å². The van der Waals surface area contributed by atoms with E-state index in [2.05, 4.69) is 4.72 Å². The fraction of sp³-hybridized carbons (Fsp3) is 0.538. The number of nitrogens with two attached hydrogens (primary N) is 1. The highest BCUT2D eigenvalue weighted by molar-refractivity contribution is 7.89. The molecule has 1 aromatic carbocycles. The number of nitrogens with one attached hydrogen (secondary N) is 1. The van der Waals surface area contributed by atoms with Gasteiger partial charge in [-0.1, -0.05) is 6.92 Å². The van der Waals surface area contributed by atoms with Crippen LogP contribution >= 0.6 is 0 Å². The zero-order valence-electron chi connectivity index (χ0n) is 11.3. The van der Waals surface area contributed by atoms with Crippen molar-refractivity contribution in [3.05, 3.63) is 24.0 Å². The Morgan fingerprint density at radius 2 is 2.20 bits per heavy atom. The second kappa shape index (κ2) is 6.07. The van der Waals surface area contributed by atoms with E-state index in [9.17, 15) is 12.8 Å². The predicted octanol–water partition coefficient (Wildman–Crippen LogP) is 1.50. The average Bonchev–Trinajstić information content (AvgIpc) is 2.82. The van der Waals surface area contributed by atoms with Gasteiger partial charge in [0.05, 0.1) is 11.0 Å². The quantitative estimate of drug-likeness (QED) is 0.808. The van der Waals surface area contributed by atoms with Gasteiger partial charge in [-0.3, -0.25) is 0 Å². The van der Waals surface area contributed by atoms with Gasteiger partial charge in [0.1, 0.15) is 5.82 Å². The zero-order valence-corrected chi connectivity index (χ0v) is 12.1. The molecule has 1 heterocycles. The minimum Gasteiger partial charge on any atom is -0.399 e. The van der Waals surface area contributed by atoms with Gasteiger partial charge in [-0.05, 0) is 31.0 Å². The molecule has 20 heavy (non-hydrogen) atoms. The second-order valence-corrected chi connectivity index (χ2v) is 6.71. The fourth-order valence-corrected chi connectivity index (χ4v) is 3.58. The first-order valence-corrected chi connectivity index (χ1v) is 8.08. The smallest absolute Gasteiger partial charge is 0.240 e. The van der Waals surface area contributed by atoms with Crippen LogP contribution in [0.15, 0.2) is 23.1 Å². The van der Waals surface area contributed by atoms with Gasteiger partial charge in [0.15, 0.2) is 0 Å².